The van der Waals surface area contributed by atoms with Gasteiger partial charge in [0.2, 0.25) is 0 Å². The van der Waals surface area contributed by atoms with Crippen molar-refractivity contribution in [1.82, 2.24) is 0 Å². The number of carbonyl (C=O) groups excluding carboxylic acids is 1. The first-order valence-corrected chi connectivity index (χ1v) is 6.28. The highest BCUT2D eigenvalue weighted by atomic mass is 79.9. The smallest absolute Gasteiger partial charge is 0.166 e. The van der Waals surface area contributed by atoms with Gasteiger partial charge in [0, 0.05) is 16.5 Å². The van der Waals surface area contributed by atoms with Crippen molar-refractivity contribution in [3.8, 4) is 5.75 Å². The lowest BCUT2D eigenvalue weighted by Gasteiger charge is -2.14. The van der Waals surface area contributed by atoms with E-state index in [0.29, 0.717) is 5.75 Å². The molecule has 0 bridgehead atoms. The minimum Gasteiger partial charge on any atom is -0.496 e. The van der Waals surface area contributed by atoms with E-state index in [1.807, 2.05) is 26.0 Å². The van der Waals surface area contributed by atoms with Crippen molar-refractivity contribution in [3.63, 3.8) is 0 Å². The second-order valence-electron chi connectivity index (χ2n) is 4.29. The third-order valence-corrected chi connectivity index (χ3v) is 3.06. The molecule has 1 rings (SSSR count). The molecule has 0 radical (unpaired) electrons. The van der Waals surface area contributed by atoms with E-state index in [4.69, 9.17) is 4.74 Å². The third kappa shape index (κ3) is 3.82. The number of Topliss-reactive ketones (excluding diaryl/α,β-unsaturated/α-hetero) is 1. The molecule has 0 amide bonds. The highest BCUT2D eigenvalue weighted by Gasteiger charge is 2.20. The van der Waals surface area contributed by atoms with Crippen LogP contribution in [-0.4, -0.2) is 24.1 Å². The molecule has 0 heterocycles. The monoisotopic (exact) mass is 300 g/mol. The fourth-order valence-electron chi connectivity index (χ4n) is 1.55. The maximum atomic E-state index is 11.8. The van der Waals surface area contributed by atoms with Crippen LogP contribution in [0.15, 0.2) is 22.7 Å². The average molecular weight is 301 g/mol. The van der Waals surface area contributed by atoms with Crippen LogP contribution in [0.4, 0.5) is 0 Å². The van der Waals surface area contributed by atoms with Gasteiger partial charge in [0.1, 0.15) is 11.9 Å². The number of rotatable bonds is 5. The molecule has 1 aromatic rings. The molecule has 0 fully saturated rings. The van der Waals surface area contributed by atoms with Gasteiger partial charge in [-0.3, -0.25) is 4.79 Å². The van der Waals surface area contributed by atoms with E-state index in [1.54, 1.807) is 13.2 Å². The average Bonchev–Trinajstić information content (AvgIpc) is 2.28. The highest BCUT2D eigenvalue weighted by molar-refractivity contribution is 9.10. The lowest BCUT2D eigenvalue weighted by Crippen LogP contribution is -2.27. The fraction of sp³-hybridized carbons (Fsp3) is 0.462. The van der Waals surface area contributed by atoms with Crippen molar-refractivity contribution in [2.45, 2.75) is 26.4 Å². The molecule has 0 aliphatic heterocycles. The number of ketones is 1. The quantitative estimate of drug-likeness (QED) is 0.909. The normalized spacial score (nSPS) is 12.6. The van der Waals surface area contributed by atoms with Crippen LogP contribution in [0.25, 0.3) is 0 Å². The van der Waals surface area contributed by atoms with Crippen LogP contribution in [0.5, 0.6) is 5.75 Å². The lowest BCUT2D eigenvalue weighted by atomic mass is 9.97. The molecule has 1 atom stereocenters. The molecule has 3 nitrogen and oxygen atoms in total. The number of hydrogen-bond acceptors (Lipinski definition) is 3. The van der Waals surface area contributed by atoms with Gasteiger partial charge in [-0.15, -0.1) is 0 Å². The minimum absolute atomic E-state index is 0.0688. The van der Waals surface area contributed by atoms with Crippen LogP contribution >= 0.6 is 15.9 Å². The van der Waals surface area contributed by atoms with Gasteiger partial charge in [0.15, 0.2) is 5.78 Å². The maximum Gasteiger partial charge on any atom is 0.166 e. The van der Waals surface area contributed by atoms with Crippen molar-refractivity contribution >= 4 is 21.7 Å². The number of aliphatic hydroxyl groups is 1. The van der Waals surface area contributed by atoms with Crippen molar-refractivity contribution in [2.24, 2.45) is 5.92 Å². The van der Waals surface area contributed by atoms with E-state index in [2.05, 4.69) is 15.9 Å². The molecule has 0 aliphatic rings. The molecule has 4 heteroatoms. The SMILES string of the molecule is COc1ccc(Br)cc1CC(=O)C(O)C(C)C. The van der Waals surface area contributed by atoms with Crippen LogP contribution in [0.3, 0.4) is 0 Å². The Hall–Kier alpha value is -0.870. The van der Waals surface area contributed by atoms with Gasteiger partial charge in [0.25, 0.3) is 0 Å². The summed E-state index contributed by atoms with van der Waals surface area (Å²) in [5.74, 6) is 0.412. The van der Waals surface area contributed by atoms with Gasteiger partial charge >= 0.3 is 0 Å². The zero-order valence-electron chi connectivity index (χ0n) is 10.2. The second kappa shape index (κ2) is 6.17. The largest absolute Gasteiger partial charge is 0.496 e. The zero-order valence-corrected chi connectivity index (χ0v) is 11.8. The van der Waals surface area contributed by atoms with Gasteiger partial charge in [-0.1, -0.05) is 29.8 Å². The molecular formula is C13H17BrO3. The Kier molecular flexibility index (Phi) is 5.15. The zero-order chi connectivity index (χ0) is 13.0. The van der Waals surface area contributed by atoms with Gasteiger partial charge < -0.3 is 9.84 Å². The molecule has 0 saturated carbocycles. The Morgan fingerprint density at radius 2 is 2.12 bits per heavy atom. The van der Waals surface area contributed by atoms with Crippen molar-refractivity contribution in [2.75, 3.05) is 7.11 Å². The Balaban J connectivity index is 2.87. The van der Waals surface area contributed by atoms with Crippen molar-refractivity contribution < 1.29 is 14.6 Å². The molecule has 1 N–H and O–H groups in total. The molecule has 0 saturated heterocycles. The first-order chi connectivity index (χ1) is 7.95. The Labute approximate surface area is 110 Å². The van der Waals surface area contributed by atoms with E-state index in [-0.39, 0.29) is 18.1 Å². The molecular weight excluding hydrogens is 284 g/mol. The summed E-state index contributed by atoms with van der Waals surface area (Å²) < 4.78 is 6.08. The van der Waals surface area contributed by atoms with Gasteiger partial charge in [0.05, 0.1) is 7.11 Å². The first-order valence-electron chi connectivity index (χ1n) is 5.49. The molecule has 94 valence electrons. The van der Waals surface area contributed by atoms with Crippen LogP contribution in [0.2, 0.25) is 0 Å². The number of methoxy groups -OCH3 is 1. The molecule has 1 unspecified atom stereocenters. The van der Waals surface area contributed by atoms with Crippen LogP contribution in [0, 0.1) is 5.92 Å². The van der Waals surface area contributed by atoms with E-state index < -0.39 is 6.10 Å². The number of aliphatic hydroxyl groups excluding tert-OH is 1. The standard InChI is InChI=1S/C13H17BrO3/c1-8(2)13(16)11(15)7-9-6-10(14)4-5-12(9)17-3/h4-6,8,13,16H,7H2,1-3H3. The maximum absolute atomic E-state index is 11.8. The topological polar surface area (TPSA) is 46.5 Å². The highest BCUT2D eigenvalue weighted by Crippen LogP contribution is 2.24. The predicted octanol–water partition coefficient (Wildman–Crippen LogP) is 2.59. The first kappa shape index (κ1) is 14.2. The van der Waals surface area contributed by atoms with E-state index in [9.17, 15) is 9.90 Å². The van der Waals surface area contributed by atoms with Crippen LogP contribution in [-0.2, 0) is 11.2 Å². The summed E-state index contributed by atoms with van der Waals surface area (Å²) in [6, 6.07) is 5.49. The summed E-state index contributed by atoms with van der Waals surface area (Å²) in [5, 5.41) is 9.69. The second-order valence-corrected chi connectivity index (χ2v) is 5.20. The molecule has 0 aromatic heterocycles. The molecule has 1 aromatic carbocycles. The Morgan fingerprint density at radius 1 is 1.47 bits per heavy atom. The number of carbonyl (C=O) groups is 1. The molecule has 0 aliphatic carbocycles. The summed E-state index contributed by atoms with van der Waals surface area (Å²) in [4.78, 5) is 11.8. The molecule has 0 spiro atoms. The summed E-state index contributed by atoms with van der Waals surface area (Å²) in [7, 11) is 1.57. The van der Waals surface area contributed by atoms with Crippen molar-refractivity contribution in [1.29, 1.82) is 0 Å². The Morgan fingerprint density at radius 3 is 2.65 bits per heavy atom. The predicted molar refractivity (Wildman–Crippen MR) is 70.2 cm³/mol. The van der Waals surface area contributed by atoms with Crippen LogP contribution in [0.1, 0.15) is 19.4 Å². The van der Waals surface area contributed by atoms with Gasteiger partial charge in [-0.25, -0.2) is 0 Å². The Bertz CT molecular complexity index is 402. The number of ether oxygens (including phenoxy) is 1. The minimum atomic E-state index is -0.918. The summed E-state index contributed by atoms with van der Waals surface area (Å²) in [6.45, 7) is 3.64. The van der Waals surface area contributed by atoms with Crippen LogP contribution < -0.4 is 4.74 Å². The number of benzene rings is 1. The van der Waals surface area contributed by atoms with Crippen molar-refractivity contribution in [3.05, 3.63) is 28.2 Å². The third-order valence-electron chi connectivity index (χ3n) is 2.57. The van der Waals surface area contributed by atoms with E-state index in [0.717, 1.165) is 10.0 Å². The van der Waals surface area contributed by atoms with Gasteiger partial charge in [-0.05, 0) is 24.1 Å². The molecule has 17 heavy (non-hydrogen) atoms. The number of halogens is 1. The summed E-state index contributed by atoms with van der Waals surface area (Å²) >= 11 is 3.35. The summed E-state index contributed by atoms with van der Waals surface area (Å²) in [6.07, 6.45) is -0.735. The van der Waals surface area contributed by atoms with E-state index >= 15 is 0 Å². The lowest BCUT2D eigenvalue weighted by molar-refractivity contribution is -0.128. The summed E-state index contributed by atoms with van der Waals surface area (Å²) in [5.41, 5.74) is 0.784. The van der Waals surface area contributed by atoms with E-state index in [1.165, 1.54) is 0 Å². The van der Waals surface area contributed by atoms with Gasteiger partial charge in [-0.2, -0.15) is 0 Å². The fourth-order valence-corrected chi connectivity index (χ4v) is 1.96. The number of hydrogen-bond donors (Lipinski definition) is 1.